The number of benzene rings is 2. The van der Waals surface area contributed by atoms with Crippen LogP contribution < -0.4 is 0 Å². The highest BCUT2D eigenvalue weighted by molar-refractivity contribution is 8.03. The van der Waals surface area contributed by atoms with Crippen molar-refractivity contribution in [2.45, 2.75) is 26.2 Å². The molecule has 8 bridgehead atoms. The van der Waals surface area contributed by atoms with Crippen LogP contribution in [0.4, 0.5) is 11.4 Å². The van der Waals surface area contributed by atoms with E-state index in [1.165, 1.54) is 0 Å². The minimum absolute atomic E-state index is 0.794. The number of rotatable bonds is 2. The fraction of sp³-hybridized carbons (Fsp3) is 0.667. The Labute approximate surface area is 336 Å². The Kier molecular flexibility index (Phi) is 20.4. The summed E-state index contributed by atoms with van der Waals surface area (Å²) in [5, 5.41) is 8.70. The van der Waals surface area contributed by atoms with Crippen molar-refractivity contribution in [2.75, 3.05) is 121 Å². The van der Waals surface area contributed by atoms with Crippen LogP contribution in [-0.2, 0) is 26.2 Å². The van der Waals surface area contributed by atoms with Crippen molar-refractivity contribution in [1.82, 2.24) is 19.6 Å². The second-order valence-corrected chi connectivity index (χ2v) is 20.4. The van der Waals surface area contributed by atoms with Crippen LogP contribution in [-0.4, -0.2) is 141 Å². The molecule has 284 valence electrons. The van der Waals surface area contributed by atoms with E-state index in [1.807, 2.05) is 70.6 Å². The summed E-state index contributed by atoms with van der Waals surface area (Å²) in [6, 6.07) is 13.0. The number of hydrogen-bond donors (Lipinski definition) is 0. The molecule has 4 atom stereocenters. The monoisotopic (exact) mass is 818 g/mol. The second-order valence-electron chi connectivity index (χ2n) is 13.0. The Balaban J connectivity index is 1.47. The Morgan fingerprint density at radius 1 is 0.385 bits per heavy atom. The van der Waals surface area contributed by atoms with Crippen LogP contribution in [0.3, 0.4) is 0 Å². The van der Waals surface area contributed by atoms with Crippen molar-refractivity contribution in [3.05, 3.63) is 79.5 Å². The van der Waals surface area contributed by atoms with E-state index in [-0.39, 0.29) is 0 Å². The summed E-state index contributed by atoms with van der Waals surface area (Å²) < 4.78 is 0. The highest BCUT2D eigenvalue weighted by Gasteiger charge is 2.18. The van der Waals surface area contributed by atoms with E-state index < -0.39 is 0 Å². The van der Waals surface area contributed by atoms with Crippen LogP contribution in [0.1, 0.15) is 22.3 Å². The normalized spacial score (nSPS) is 25.7. The molecular weight excluding hydrogens is 765 g/mol. The third-order valence-electron chi connectivity index (χ3n) is 9.43. The summed E-state index contributed by atoms with van der Waals surface area (Å²) in [5.74, 6) is 13.2. The predicted octanol–water partition coefficient (Wildman–Crippen LogP) is 8.92. The van der Waals surface area contributed by atoms with E-state index in [4.69, 9.17) is 0 Å². The molecule has 3 aliphatic heterocycles. The Morgan fingerprint density at radius 3 is 0.846 bits per heavy atom. The predicted molar refractivity (Wildman–Crippen MR) is 236 cm³/mol. The van der Waals surface area contributed by atoms with E-state index >= 15 is 0 Å². The zero-order chi connectivity index (χ0) is 36.1. The Hall–Kier alpha value is -1.000. The minimum Gasteiger partial charge on any atom is -0.297 e. The molecule has 10 nitrogen and oxygen atoms in total. The molecule has 0 aromatic heterocycles. The van der Waals surface area contributed by atoms with Gasteiger partial charge in [0.05, 0.1) is 0 Å². The van der Waals surface area contributed by atoms with Crippen molar-refractivity contribution >= 4 is 81.9 Å². The van der Waals surface area contributed by atoms with Gasteiger partial charge in [-0.05, 0) is 33.3 Å². The molecular formula is C36H54N10S6. The SMILES string of the molecule is [N-]=[N+]=Nc1c2cccc1CN1CCSCCSCCN(CCSCC1)Cc1cccc(c1N=[N+]=[N-])CN1CCSCCSCCN(CCSCC1)C2. The van der Waals surface area contributed by atoms with Gasteiger partial charge in [-0.3, -0.25) is 19.6 Å². The van der Waals surface area contributed by atoms with Crippen LogP contribution in [0.2, 0.25) is 0 Å². The molecule has 2 saturated heterocycles. The summed E-state index contributed by atoms with van der Waals surface area (Å²) in [7, 11) is 0. The van der Waals surface area contributed by atoms with Crippen molar-refractivity contribution in [1.29, 1.82) is 0 Å². The molecule has 2 aromatic carbocycles. The number of hydrogen-bond acceptors (Lipinski definition) is 12. The molecule has 3 aliphatic rings. The van der Waals surface area contributed by atoms with Crippen molar-refractivity contribution in [2.24, 2.45) is 10.2 Å². The van der Waals surface area contributed by atoms with Gasteiger partial charge in [0.2, 0.25) is 0 Å². The third kappa shape index (κ3) is 14.9. The lowest BCUT2D eigenvalue weighted by Gasteiger charge is -2.27. The first-order chi connectivity index (χ1) is 25.7. The first-order valence-corrected chi connectivity index (χ1v) is 25.3. The average molecular weight is 819 g/mol. The van der Waals surface area contributed by atoms with E-state index in [9.17, 15) is 11.1 Å². The molecule has 0 aliphatic carbocycles. The average Bonchev–Trinajstić information content (AvgIpc) is 3.15. The second kappa shape index (κ2) is 25.2. The summed E-state index contributed by atoms with van der Waals surface area (Å²) in [5.41, 5.74) is 25.6. The van der Waals surface area contributed by atoms with Gasteiger partial charge in [0.1, 0.15) is 0 Å². The van der Waals surface area contributed by atoms with Crippen LogP contribution in [0, 0.1) is 0 Å². The van der Waals surface area contributed by atoms with Crippen LogP contribution in [0.15, 0.2) is 46.6 Å². The van der Waals surface area contributed by atoms with Gasteiger partial charge in [0, 0.05) is 169 Å². The molecule has 0 saturated carbocycles. The highest BCUT2D eigenvalue weighted by atomic mass is 32.2. The van der Waals surface area contributed by atoms with Gasteiger partial charge >= 0.3 is 0 Å². The number of fused-ring (bicyclic) bond motifs is 16. The molecule has 16 heteroatoms. The van der Waals surface area contributed by atoms with E-state index in [2.05, 4.69) is 76.0 Å². The first-order valence-electron chi connectivity index (χ1n) is 18.4. The van der Waals surface area contributed by atoms with Crippen molar-refractivity contribution in [3.63, 3.8) is 0 Å². The van der Waals surface area contributed by atoms with Crippen LogP contribution >= 0.6 is 70.6 Å². The molecule has 0 N–H and O–H groups in total. The van der Waals surface area contributed by atoms with Gasteiger partial charge < -0.3 is 0 Å². The van der Waals surface area contributed by atoms with E-state index in [1.54, 1.807) is 0 Å². The summed E-state index contributed by atoms with van der Waals surface area (Å²) in [6.07, 6.45) is 0. The minimum atomic E-state index is 0.794. The molecule has 52 heavy (non-hydrogen) atoms. The summed E-state index contributed by atoms with van der Waals surface area (Å²) in [4.78, 5) is 16.9. The van der Waals surface area contributed by atoms with Crippen LogP contribution in [0.5, 0.6) is 0 Å². The zero-order valence-corrected chi connectivity index (χ0v) is 35.3. The molecule has 5 rings (SSSR count). The number of azide groups is 2. The summed E-state index contributed by atoms with van der Waals surface area (Å²) >= 11 is 12.2. The van der Waals surface area contributed by atoms with E-state index in [0.717, 1.165) is 181 Å². The zero-order valence-electron chi connectivity index (χ0n) is 30.4. The van der Waals surface area contributed by atoms with Gasteiger partial charge in [-0.25, -0.2) is 0 Å². The lowest BCUT2D eigenvalue weighted by atomic mass is 10.1. The topological polar surface area (TPSA) is 110 Å². The third-order valence-corrected chi connectivity index (χ3v) is 15.7. The van der Waals surface area contributed by atoms with Gasteiger partial charge in [-0.15, -0.1) is 0 Å². The maximum absolute atomic E-state index is 9.72. The lowest BCUT2D eigenvalue weighted by Crippen LogP contribution is -2.31. The smallest absolute Gasteiger partial charge is 0.0465 e. The fourth-order valence-corrected chi connectivity index (χ4v) is 12.8. The van der Waals surface area contributed by atoms with Crippen LogP contribution in [0.25, 0.3) is 20.9 Å². The molecule has 0 amide bonds. The summed E-state index contributed by atoms with van der Waals surface area (Å²) in [6.45, 7) is 11.3. The number of nitrogens with zero attached hydrogens (tertiary/aromatic N) is 10. The van der Waals surface area contributed by atoms with Gasteiger partial charge in [-0.1, -0.05) is 46.6 Å². The lowest BCUT2D eigenvalue weighted by molar-refractivity contribution is 0.294. The highest BCUT2D eigenvalue weighted by Crippen LogP contribution is 2.30. The number of thioether (sulfide) groups is 6. The fourth-order valence-electron chi connectivity index (χ4n) is 6.59. The molecule has 4 unspecified atom stereocenters. The standard InChI is InChI=1S/C36H54N10S6/c37-41-39-35-31-3-1-4-32(35)28-44-8-16-48-18-10-46(14-22-52-26-24-50-20-12-44)30-34-6-2-5-33(36(34)40-42-38)29-45-9-17-47-15-7-43(27-31)11-19-49-23-25-51-21-13-45/h1-6H,7-30H2. The molecule has 0 spiro atoms. The van der Waals surface area contributed by atoms with Gasteiger partial charge in [0.15, 0.2) is 0 Å². The van der Waals surface area contributed by atoms with Gasteiger partial charge in [-0.2, -0.15) is 70.6 Å². The van der Waals surface area contributed by atoms with Gasteiger partial charge in [0.25, 0.3) is 0 Å². The quantitative estimate of drug-likeness (QED) is 0.166. The van der Waals surface area contributed by atoms with Crippen molar-refractivity contribution < 1.29 is 0 Å². The maximum atomic E-state index is 9.72. The maximum Gasteiger partial charge on any atom is 0.0465 e. The molecule has 2 aromatic rings. The molecule has 0 radical (unpaired) electrons. The van der Waals surface area contributed by atoms with Crippen molar-refractivity contribution in [3.8, 4) is 0 Å². The Morgan fingerprint density at radius 2 is 0.615 bits per heavy atom. The molecule has 2 fully saturated rings. The molecule has 3 heterocycles. The Bertz CT molecular complexity index is 1270. The van der Waals surface area contributed by atoms with E-state index in [0.29, 0.717) is 0 Å². The first kappa shape index (κ1) is 42.1. The largest absolute Gasteiger partial charge is 0.297 e.